The van der Waals surface area contributed by atoms with Crippen LogP contribution in [0.25, 0.3) is 0 Å². The van der Waals surface area contributed by atoms with Crippen molar-refractivity contribution in [1.29, 1.82) is 0 Å². The molecule has 7 heteroatoms. The fraction of sp³-hybridized carbons (Fsp3) is 0.435. The van der Waals surface area contributed by atoms with Crippen LogP contribution in [-0.2, 0) is 0 Å². The summed E-state index contributed by atoms with van der Waals surface area (Å²) >= 11 is 5.98. The van der Waals surface area contributed by atoms with Crippen LogP contribution in [0.3, 0.4) is 0 Å². The quantitative estimate of drug-likeness (QED) is 0.640. The first kappa shape index (κ1) is 22.1. The number of halogens is 1. The highest BCUT2D eigenvalue weighted by Crippen LogP contribution is 2.38. The van der Waals surface area contributed by atoms with Crippen molar-refractivity contribution >= 4 is 29.2 Å². The Kier molecular flexibility index (Phi) is 6.98. The standard InChI is InChI=1S/C23H28ClN3O3/c1-15(2)16-10-12-23(3,13-11-16)30-20-9-8-17(14-25-20)26-22(29)27-21(28)18-6-4-5-7-19(18)24/h4-9,14-16H,10-13H2,1-3H3,(H2,26,27,28,29). The first-order valence-corrected chi connectivity index (χ1v) is 10.7. The van der Waals surface area contributed by atoms with Crippen molar-refractivity contribution in [3.05, 3.63) is 53.2 Å². The van der Waals surface area contributed by atoms with Crippen LogP contribution in [0.2, 0.25) is 5.02 Å². The maximum atomic E-state index is 12.2. The number of hydrogen-bond acceptors (Lipinski definition) is 4. The number of nitrogens with one attached hydrogen (secondary N) is 2. The van der Waals surface area contributed by atoms with Crippen LogP contribution in [0.5, 0.6) is 5.88 Å². The predicted octanol–water partition coefficient (Wildman–Crippen LogP) is 5.68. The van der Waals surface area contributed by atoms with Crippen molar-refractivity contribution in [1.82, 2.24) is 10.3 Å². The van der Waals surface area contributed by atoms with Crippen molar-refractivity contribution in [2.24, 2.45) is 11.8 Å². The Balaban J connectivity index is 1.52. The zero-order valence-corrected chi connectivity index (χ0v) is 18.3. The summed E-state index contributed by atoms with van der Waals surface area (Å²) in [4.78, 5) is 28.6. The van der Waals surface area contributed by atoms with Gasteiger partial charge in [0, 0.05) is 6.07 Å². The fourth-order valence-electron chi connectivity index (χ4n) is 3.76. The Labute approximate surface area is 182 Å². The Morgan fingerprint density at radius 2 is 1.87 bits per heavy atom. The lowest BCUT2D eigenvalue weighted by Crippen LogP contribution is -2.38. The molecule has 2 N–H and O–H groups in total. The molecule has 1 heterocycles. The van der Waals surface area contributed by atoms with Crippen molar-refractivity contribution in [3.8, 4) is 5.88 Å². The molecule has 0 unspecified atom stereocenters. The number of carbonyl (C=O) groups excluding carboxylic acids is 2. The molecule has 1 fully saturated rings. The van der Waals surface area contributed by atoms with Gasteiger partial charge >= 0.3 is 6.03 Å². The smallest absolute Gasteiger partial charge is 0.326 e. The van der Waals surface area contributed by atoms with Crippen LogP contribution in [0.4, 0.5) is 10.5 Å². The molecule has 1 aliphatic carbocycles. The van der Waals surface area contributed by atoms with E-state index in [4.69, 9.17) is 16.3 Å². The van der Waals surface area contributed by atoms with Crippen molar-refractivity contribution in [2.75, 3.05) is 5.32 Å². The monoisotopic (exact) mass is 429 g/mol. The number of rotatable bonds is 5. The molecule has 1 aromatic carbocycles. The third kappa shape index (κ3) is 5.72. The van der Waals surface area contributed by atoms with Gasteiger partial charge in [0.2, 0.25) is 5.88 Å². The Morgan fingerprint density at radius 3 is 2.47 bits per heavy atom. The van der Waals surface area contributed by atoms with E-state index in [2.05, 4.69) is 36.4 Å². The number of carbonyl (C=O) groups is 2. The van der Waals surface area contributed by atoms with Crippen LogP contribution in [0.15, 0.2) is 42.6 Å². The van der Waals surface area contributed by atoms with Gasteiger partial charge in [-0.1, -0.05) is 37.6 Å². The van der Waals surface area contributed by atoms with Crippen LogP contribution in [-0.4, -0.2) is 22.5 Å². The number of benzene rings is 1. The first-order chi connectivity index (χ1) is 14.3. The molecule has 0 bridgehead atoms. The summed E-state index contributed by atoms with van der Waals surface area (Å²) in [6.07, 6.45) is 5.84. The third-order valence-corrected chi connectivity index (χ3v) is 6.05. The largest absolute Gasteiger partial charge is 0.471 e. The summed E-state index contributed by atoms with van der Waals surface area (Å²) in [6, 6.07) is 9.30. The lowest BCUT2D eigenvalue weighted by Gasteiger charge is -2.38. The molecule has 160 valence electrons. The summed E-state index contributed by atoms with van der Waals surface area (Å²) in [7, 11) is 0. The number of ether oxygens (including phenoxy) is 1. The molecular weight excluding hydrogens is 402 g/mol. The molecule has 0 radical (unpaired) electrons. The van der Waals surface area contributed by atoms with E-state index in [-0.39, 0.29) is 16.2 Å². The lowest BCUT2D eigenvalue weighted by atomic mass is 9.75. The topological polar surface area (TPSA) is 80.3 Å². The predicted molar refractivity (Wildman–Crippen MR) is 118 cm³/mol. The number of anilines is 1. The molecule has 0 spiro atoms. The maximum Gasteiger partial charge on any atom is 0.326 e. The van der Waals surface area contributed by atoms with Gasteiger partial charge in [0.25, 0.3) is 5.91 Å². The highest BCUT2D eigenvalue weighted by atomic mass is 35.5. The van der Waals surface area contributed by atoms with Crippen LogP contribution < -0.4 is 15.4 Å². The van der Waals surface area contributed by atoms with E-state index in [0.717, 1.165) is 31.6 Å². The van der Waals surface area contributed by atoms with E-state index in [1.807, 2.05) is 0 Å². The van der Waals surface area contributed by atoms with E-state index < -0.39 is 11.9 Å². The van der Waals surface area contributed by atoms with E-state index in [0.29, 0.717) is 17.5 Å². The van der Waals surface area contributed by atoms with E-state index in [1.54, 1.807) is 36.4 Å². The Bertz CT molecular complexity index is 891. The van der Waals surface area contributed by atoms with Gasteiger partial charge in [-0.15, -0.1) is 0 Å². The van der Waals surface area contributed by atoms with E-state index in [1.165, 1.54) is 6.20 Å². The Morgan fingerprint density at radius 1 is 1.17 bits per heavy atom. The summed E-state index contributed by atoms with van der Waals surface area (Å²) in [5.74, 6) is 1.41. The van der Waals surface area contributed by atoms with Gasteiger partial charge < -0.3 is 10.1 Å². The maximum absolute atomic E-state index is 12.2. The average molecular weight is 430 g/mol. The number of hydrogen-bond donors (Lipinski definition) is 2. The molecule has 0 saturated heterocycles. The molecule has 6 nitrogen and oxygen atoms in total. The van der Waals surface area contributed by atoms with Gasteiger partial charge in [-0.05, 0) is 62.6 Å². The minimum Gasteiger partial charge on any atom is -0.471 e. The van der Waals surface area contributed by atoms with E-state index >= 15 is 0 Å². The minimum absolute atomic E-state index is 0.216. The fourth-order valence-corrected chi connectivity index (χ4v) is 3.99. The average Bonchev–Trinajstić information content (AvgIpc) is 2.70. The molecule has 0 aliphatic heterocycles. The highest BCUT2D eigenvalue weighted by Gasteiger charge is 2.34. The van der Waals surface area contributed by atoms with Gasteiger partial charge in [-0.2, -0.15) is 0 Å². The number of pyridine rings is 1. The van der Waals surface area contributed by atoms with Gasteiger partial charge in [-0.3, -0.25) is 10.1 Å². The van der Waals surface area contributed by atoms with Crippen molar-refractivity contribution in [2.45, 2.75) is 52.1 Å². The van der Waals surface area contributed by atoms with Crippen molar-refractivity contribution in [3.63, 3.8) is 0 Å². The minimum atomic E-state index is -0.658. The number of nitrogens with zero attached hydrogens (tertiary/aromatic N) is 1. The molecule has 3 rings (SSSR count). The van der Waals surface area contributed by atoms with E-state index in [9.17, 15) is 9.59 Å². The Hall–Kier alpha value is -2.60. The molecule has 1 aromatic heterocycles. The van der Waals surface area contributed by atoms with Gasteiger partial charge in [0.05, 0.1) is 22.5 Å². The van der Waals surface area contributed by atoms with Gasteiger partial charge in [0.1, 0.15) is 5.60 Å². The second-order valence-electron chi connectivity index (χ2n) is 8.41. The molecule has 30 heavy (non-hydrogen) atoms. The molecular formula is C23H28ClN3O3. The summed E-state index contributed by atoms with van der Waals surface area (Å²) in [6.45, 7) is 6.68. The number of urea groups is 1. The molecule has 1 aliphatic rings. The molecule has 3 amide bonds. The zero-order valence-electron chi connectivity index (χ0n) is 17.6. The SMILES string of the molecule is CC(C)C1CCC(C)(Oc2ccc(NC(=O)NC(=O)c3ccccc3Cl)cn2)CC1. The first-order valence-electron chi connectivity index (χ1n) is 10.3. The zero-order chi connectivity index (χ0) is 21.7. The number of imide groups is 1. The molecule has 1 saturated carbocycles. The van der Waals surface area contributed by atoms with Crippen LogP contribution in [0, 0.1) is 11.8 Å². The molecule has 0 atom stereocenters. The molecule has 2 aromatic rings. The number of aromatic nitrogens is 1. The summed E-state index contributed by atoms with van der Waals surface area (Å²) in [5.41, 5.74) is 0.476. The second kappa shape index (κ2) is 9.47. The van der Waals surface area contributed by atoms with Gasteiger partial charge in [-0.25, -0.2) is 9.78 Å². The normalized spacial score (nSPS) is 21.2. The van der Waals surface area contributed by atoms with Crippen LogP contribution in [0.1, 0.15) is 56.8 Å². The third-order valence-electron chi connectivity index (χ3n) is 5.72. The lowest BCUT2D eigenvalue weighted by molar-refractivity contribution is 0.0212. The summed E-state index contributed by atoms with van der Waals surface area (Å²) < 4.78 is 6.16. The second-order valence-corrected chi connectivity index (χ2v) is 8.81. The summed E-state index contributed by atoms with van der Waals surface area (Å²) in [5, 5.41) is 5.12. The number of amides is 3. The van der Waals surface area contributed by atoms with Crippen molar-refractivity contribution < 1.29 is 14.3 Å². The highest BCUT2D eigenvalue weighted by molar-refractivity contribution is 6.34. The van der Waals surface area contributed by atoms with Crippen LogP contribution >= 0.6 is 11.6 Å². The van der Waals surface area contributed by atoms with Gasteiger partial charge in [0.15, 0.2) is 0 Å².